The summed E-state index contributed by atoms with van der Waals surface area (Å²) in [7, 11) is 0.485. The van der Waals surface area contributed by atoms with Gasteiger partial charge in [-0.25, -0.2) is 12.7 Å². The van der Waals surface area contributed by atoms with Crippen molar-refractivity contribution in [1.82, 2.24) is 4.31 Å². The Labute approximate surface area is 149 Å². The molecular weight excluding hydrogens is 396 g/mol. The van der Waals surface area contributed by atoms with Gasteiger partial charge in [0.1, 0.15) is 10.6 Å². The molecule has 128 valence electrons. The van der Waals surface area contributed by atoms with Crippen molar-refractivity contribution in [1.29, 1.82) is 0 Å². The number of rotatable bonds is 5. The van der Waals surface area contributed by atoms with Gasteiger partial charge in [0.25, 0.3) is 5.91 Å². The fraction of sp³-hybridized carbons (Fsp3) is 0.188. The Balaban J connectivity index is 2.40. The number of nitrogens with one attached hydrogen (secondary N) is 1. The SMILES string of the molecule is COc1ccc(C(=O)Nc2cccc(Br)c2)cc1S(=O)(=O)N(C)C. The molecule has 0 saturated heterocycles. The molecule has 1 N–H and O–H groups in total. The summed E-state index contributed by atoms with van der Waals surface area (Å²) in [6, 6.07) is 11.4. The first kappa shape index (κ1) is 18.4. The van der Waals surface area contributed by atoms with E-state index in [1.54, 1.807) is 18.2 Å². The molecule has 0 aliphatic rings. The Morgan fingerprint density at radius 3 is 2.46 bits per heavy atom. The second-order valence-electron chi connectivity index (χ2n) is 5.12. The summed E-state index contributed by atoms with van der Waals surface area (Å²) < 4.78 is 31.8. The van der Waals surface area contributed by atoms with Gasteiger partial charge in [0.2, 0.25) is 10.0 Å². The zero-order valence-electron chi connectivity index (χ0n) is 13.4. The van der Waals surface area contributed by atoms with Crippen LogP contribution in [0.4, 0.5) is 5.69 Å². The van der Waals surface area contributed by atoms with E-state index in [1.165, 1.54) is 39.4 Å². The normalized spacial score (nSPS) is 11.4. The summed E-state index contributed by atoms with van der Waals surface area (Å²) in [5.74, 6) is -0.228. The molecule has 6 nitrogen and oxygen atoms in total. The molecule has 8 heteroatoms. The Morgan fingerprint density at radius 1 is 1.17 bits per heavy atom. The first-order valence-electron chi connectivity index (χ1n) is 6.93. The number of sulfonamides is 1. The summed E-state index contributed by atoms with van der Waals surface area (Å²) in [4.78, 5) is 12.3. The standard InChI is InChI=1S/C16H17BrN2O4S/c1-19(2)24(21,22)15-9-11(7-8-14(15)23-3)16(20)18-13-6-4-5-12(17)10-13/h4-10H,1-3H3,(H,18,20). The van der Waals surface area contributed by atoms with E-state index in [0.717, 1.165) is 8.78 Å². The minimum Gasteiger partial charge on any atom is -0.495 e. The zero-order chi connectivity index (χ0) is 17.9. The van der Waals surface area contributed by atoms with E-state index in [4.69, 9.17) is 4.74 Å². The maximum Gasteiger partial charge on any atom is 0.255 e. The highest BCUT2D eigenvalue weighted by Gasteiger charge is 2.23. The van der Waals surface area contributed by atoms with Gasteiger partial charge >= 0.3 is 0 Å². The molecule has 0 aliphatic carbocycles. The Morgan fingerprint density at radius 2 is 1.88 bits per heavy atom. The highest BCUT2D eigenvalue weighted by Crippen LogP contribution is 2.27. The van der Waals surface area contributed by atoms with Crippen molar-refractivity contribution in [2.24, 2.45) is 0 Å². The maximum atomic E-state index is 12.4. The average molecular weight is 413 g/mol. The predicted octanol–water partition coefficient (Wildman–Crippen LogP) is 2.96. The van der Waals surface area contributed by atoms with Crippen LogP contribution in [0, 0.1) is 0 Å². The Hall–Kier alpha value is -1.90. The molecule has 0 fully saturated rings. The van der Waals surface area contributed by atoms with E-state index in [1.807, 2.05) is 6.07 Å². The second kappa shape index (κ2) is 7.33. The molecule has 2 aromatic rings. The molecule has 0 spiro atoms. The molecule has 1 amide bonds. The van der Waals surface area contributed by atoms with Crippen LogP contribution < -0.4 is 10.1 Å². The predicted molar refractivity (Wildman–Crippen MR) is 96.0 cm³/mol. The summed E-state index contributed by atoms with van der Waals surface area (Å²) in [5.41, 5.74) is 0.818. The lowest BCUT2D eigenvalue weighted by molar-refractivity contribution is 0.102. The lowest BCUT2D eigenvalue weighted by Gasteiger charge is -2.15. The van der Waals surface area contributed by atoms with Gasteiger partial charge in [0, 0.05) is 29.8 Å². The number of benzene rings is 2. The monoisotopic (exact) mass is 412 g/mol. The van der Waals surface area contributed by atoms with Crippen molar-refractivity contribution in [2.75, 3.05) is 26.5 Å². The van der Waals surface area contributed by atoms with E-state index in [0.29, 0.717) is 5.69 Å². The largest absolute Gasteiger partial charge is 0.495 e. The van der Waals surface area contributed by atoms with Crippen LogP contribution >= 0.6 is 15.9 Å². The zero-order valence-corrected chi connectivity index (χ0v) is 15.8. The number of carbonyl (C=O) groups is 1. The summed E-state index contributed by atoms with van der Waals surface area (Å²) in [5, 5.41) is 2.73. The molecular formula is C16H17BrN2O4S. The summed E-state index contributed by atoms with van der Waals surface area (Å²) in [6.45, 7) is 0. The molecule has 0 atom stereocenters. The summed E-state index contributed by atoms with van der Waals surface area (Å²) in [6.07, 6.45) is 0. The van der Waals surface area contributed by atoms with Crippen LogP contribution in [0.3, 0.4) is 0 Å². The van der Waals surface area contributed by atoms with Crippen molar-refractivity contribution >= 4 is 37.5 Å². The van der Waals surface area contributed by atoms with E-state index in [-0.39, 0.29) is 16.2 Å². The fourth-order valence-corrected chi connectivity index (χ4v) is 3.46. The van der Waals surface area contributed by atoms with Crippen LogP contribution in [0.1, 0.15) is 10.4 Å². The van der Waals surface area contributed by atoms with Crippen LogP contribution in [-0.4, -0.2) is 39.8 Å². The first-order chi connectivity index (χ1) is 11.3. The van der Waals surface area contributed by atoms with Gasteiger partial charge in [-0.05, 0) is 36.4 Å². The number of nitrogens with zero attached hydrogens (tertiary/aromatic N) is 1. The van der Waals surface area contributed by atoms with Crippen LogP contribution in [0.5, 0.6) is 5.75 Å². The third kappa shape index (κ3) is 3.95. The van der Waals surface area contributed by atoms with Gasteiger partial charge in [-0.2, -0.15) is 0 Å². The van der Waals surface area contributed by atoms with Crippen molar-refractivity contribution in [3.8, 4) is 5.75 Å². The molecule has 0 unspecified atom stereocenters. The first-order valence-corrected chi connectivity index (χ1v) is 9.16. The lowest BCUT2D eigenvalue weighted by Crippen LogP contribution is -2.23. The van der Waals surface area contributed by atoms with Gasteiger partial charge in [-0.15, -0.1) is 0 Å². The average Bonchev–Trinajstić information content (AvgIpc) is 2.54. The number of hydrogen-bond acceptors (Lipinski definition) is 4. The highest BCUT2D eigenvalue weighted by molar-refractivity contribution is 9.10. The highest BCUT2D eigenvalue weighted by atomic mass is 79.9. The number of amides is 1. The van der Waals surface area contributed by atoms with Crippen molar-refractivity contribution in [3.63, 3.8) is 0 Å². The van der Waals surface area contributed by atoms with Crippen LogP contribution in [0.15, 0.2) is 51.8 Å². The smallest absolute Gasteiger partial charge is 0.255 e. The quantitative estimate of drug-likeness (QED) is 0.818. The topological polar surface area (TPSA) is 75.7 Å². The van der Waals surface area contributed by atoms with E-state index in [9.17, 15) is 13.2 Å². The third-order valence-electron chi connectivity index (χ3n) is 3.27. The number of halogens is 1. The number of hydrogen-bond donors (Lipinski definition) is 1. The van der Waals surface area contributed by atoms with Gasteiger partial charge in [-0.3, -0.25) is 4.79 Å². The van der Waals surface area contributed by atoms with Crippen molar-refractivity contribution < 1.29 is 17.9 Å². The van der Waals surface area contributed by atoms with Crippen LogP contribution in [0.2, 0.25) is 0 Å². The molecule has 2 aromatic carbocycles. The Kier molecular flexibility index (Phi) is 5.63. The molecule has 24 heavy (non-hydrogen) atoms. The maximum absolute atomic E-state index is 12.4. The van der Waals surface area contributed by atoms with Gasteiger partial charge in [-0.1, -0.05) is 22.0 Å². The minimum atomic E-state index is -3.73. The molecule has 0 heterocycles. The molecule has 0 aliphatic heterocycles. The van der Waals surface area contributed by atoms with Gasteiger partial charge in [0.15, 0.2) is 0 Å². The number of methoxy groups -OCH3 is 1. The number of anilines is 1. The minimum absolute atomic E-state index is 0.0584. The van der Waals surface area contributed by atoms with Gasteiger partial charge in [0.05, 0.1) is 7.11 Å². The molecule has 0 bridgehead atoms. The molecule has 0 aromatic heterocycles. The Bertz CT molecular complexity index is 866. The number of carbonyl (C=O) groups excluding carboxylic acids is 1. The second-order valence-corrected chi connectivity index (χ2v) is 8.15. The third-order valence-corrected chi connectivity index (χ3v) is 5.60. The number of ether oxygens (including phenoxy) is 1. The fourth-order valence-electron chi connectivity index (χ4n) is 1.99. The van der Waals surface area contributed by atoms with Crippen LogP contribution in [-0.2, 0) is 10.0 Å². The molecule has 2 rings (SSSR count). The van der Waals surface area contributed by atoms with E-state index >= 15 is 0 Å². The molecule has 0 saturated carbocycles. The van der Waals surface area contributed by atoms with Crippen molar-refractivity contribution in [3.05, 3.63) is 52.5 Å². The van der Waals surface area contributed by atoms with E-state index < -0.39 is 15.9 Å². The van der Waals surface area contributed by atoms with E-state index in [2.05, 4.69) is 21.2 Å². The van der Waals surface area contributed by atoms with Gasteiger partial charge < -0.3 is 10.1 Å². The van der Waals surface area contributed by atoms with Crippen molar-refractivity contribution in [2.45, 2.75) is 4.90 Å². The summed E-state index contributed by atoms with van der Waals surface area (Å²) >= 11 is 3.33. The van der Waals surface area contributed by atoms with Crippen LogP contribution in [0.25, 0.3) is 0 Å². The molecule has 0 radical (unpaired) electrons. The lowest BCUT2D eigenvalue weighted by atomic mass is 10.2.